The minimum absolute atomic E-state index is 0.0528. The monoisotopic (exact) mass is 420 g/mol. The van der Waals surface area contributed by atoms with E-state index in [4.69, 9.17) is 14.5 Å². The zero-order valence-corrected chi connectivity index (χ0v) is 17.1. The fourth-order valence-electron chi connectivity index (χ4n) is 4.10. The van der Waals surface area contributed by atoms with Crippen LogP contribution < -0.4 is 15.0 Å². The maximum absolute atomic E-state index is 9.26. The number of nitrogens with zero attached hydrogens (tertiary/aromatic N) is 7. The zero-order chi connectivity index (χ0) is 21.0. The molecule has 1 aliphatic heterocycles. The summed E-state index contributed by atoms with van der Waals surface area (Å²) in [6.45, 7) is 2.98. The maximum Gasteiger partial charge on any atom is 0.321 e. The van der Waals surface area contributed by atoms with Gasteiger partial charge in [0.15, 0.2) is 5.65 Å². The van der Waals surface area contributed by atoms with E-state index in [9.17, 15) is 5.26 Å². The Morgan fingerprint density at radius 1 is 1.16 bits per heavy atom. The minimum Gasteiger partial charge on any atom is -0.460 e. The molecule has 10 heteroatoms. The summed E-state index contributed by atoms with van der Waals surface area (Å²) in [6, 6.07) is 8.42. The van der Waals surface area contributed by atoms with Gasteiger partial charge in [-0.3, -0.25) is 0 Å². The number of rotatable bonds is 5. The van der Waals surface area contributed by atoms with Crippen LogP contribution in [0.1, 0.15) is 31.2 Å². The van der Waals surface area contributed by atoms with Crippen LogP contribution in [0.2, 0.25) is 0 Å². The van der Waals surface area contributed by atoms with E-state index in [0.29, 0.717) is 30.6 Å². The van der Waals surface area contributed by atoms with Gasteiger partial charge in [-0.2, -0.15) is 19.9 Å². The SMILES string of the molecule is N#Cc1cccnc1NC1CCC(Oc2nc(N3CCOCC3)cc3ncnn23)CC1. The number of fused-ring (bicyclic) bond motifs is 1. The number of nitriles is 1. The van der Waals surface area contributed by atoms with Gasteiger partial charge in [0.2, 0.25) is 0 Å². The summed E-state index contributed by atoms with van der Waals surface area (Å²) in [5.74, 6) is 1.49. The highest BCUT2D eigenvalue weighted by Gasteiger charge is 2.25. The zero-order valence-electron chi connectivity index (χ0n) is 17.1. The topological polar surface area (TPSA) is 113 Å². The molecule has 4 heterocycles. The van der Waals surface area contributed by atoms with Crippen molar-refractivity contribution in [1.29, 1.82) is 5.26 Å². The molecule has 0 unspecified atom stereocenters. The Morgan fingerprint density at radius 2 is 2.00 bits per heavy atom. The Labute approximate surface area is 179 Å². The molecule has 0 atom stereocenters. The Morgan fingerprint density at radius 3 is 2.81 bits per heavy atom. The highest BCUT2D eigenvalue weighted by Crippen LogP contribution is 2.27. The van der Waals surface area contributed by atoms with E-state index >= 15 is 0 Å². The molecular weight excluding hydrogens is 396 g/mol. The van der Waals surface area contributed by atoms with Gasteiger partial charge in [-0.15, -0.1) is 0 Å². The molecule has 0 spiro atoms. The van der Waals surface area contributed by atoms with Crippen LogP contribution in [0.25, 0.3) is 5.65 Å². The molecule has 0 amide bonds. The third-order valence-corrected chi connectivity index (χ3v) is 5.77. The smallest absolute Gasteiger partial charge is 0.321 e. The number of hydrogen-bond acceptors (Lipinski definition) is 9. The van der Waals surface area contributed by atoms with Crippen molar-refractivity contribution >= 4 is 17.3 Å². The molecule has 5 rings (SSSR count). The van der Waals surface area contributed by atoms with Crippen molar-refractivity contribution in [3.63, 3.8) is 0 Å². The number of pyridine rings is 1. The summed E-state index contributed by atoms with van der Waals surface area (Å²) in [5, 5.41) is 17.0. The summed E-state index contributed by atoms with van der Waals surface area (Å²) in [7, 11) is 0. The highest BCUT2D eigenvalue weighted by molar-refractivity contribution is 5.53. The number of aromatic nitrogens is 5. The molecule has 0 radical (unpaired) electrons. The average Bonchev–Trinajstić information content (AvgIpc) is 3.30. The lowest BCUT2D eigenvalue weighted by atomic mass is 9.93. The van der Waals surface area contributed by atoms with E-state index in [1.165, 1.54) is 6.33 Å². The van der Waals surface area contributed by atoms with Crippen molar-refractivity contribution in [2.45, 2.75) is 37.8 Å². The van der Waals surface area contributed by atoms with E-state index in [1.54, 1.807) is 22.8 Å². The predicted octanol–water partition coefficient (Wildman–Crippen LogP) is 2.03. The Hall–Kier alpha value is -3.45. The van der Waals surface area contributed by atoms with E-state index in [-0.39, 0.29) is 12.1 Å². The fraction of sp³-hybridized carbons (Fsp3) is 0.476. The van der Waals surface area contributed by atoms with Crippen molar-refractivity contribution in [3.8, 4) is 12.1 Å². The van der Waals surface area contributed by atoms with Crippen LogP contribution in [0.15, 0.2) is 30.7 Å². The van der Waals surface area contributed by atoms with Crippen molar-refractivity contribution < 1.29 is 9.47 Å². The number of nitrogens with one attached hydrogen (secondary N) is 1. The Balaban J connectivity index is 1.26. The van der Waals surface area contributed by atoms with Crippen LogP contribution in [-0.2, 0) is 4.74 Å². The summed E-state index contributed by atoms with van der Waals surface area (Å²) >= 11 is 0. The minimum atomic E-state index is 0.0528. The second kappa shape index (κ2) is 8.73. The van der Waals surface area contributed by atoms with Gasteiger partial charge in [0.25, 0.3) is 0 Å². The van der Waals surface area contributed by atoms with Crippen LogP contribution in [0.3, 0.4) is 0 Å². The van der Waals surface area contributed by atoms with Crippen LogP contribution in [0.4, 0.5) is 11.6 Å². The lowest BCUT2D eigenvalue weighted by Gasteiger charge is -2.30. The lowest BCUT2D eigenvalue weighted by Crippen LogP contribution is -2.37. The summed E-state index contributed by atoms with van der Waals surface area (Å²) in [5.41, 5.74) is 1.29. The molecule has 0 bridgehead atoms. The molecular formula is C21H24N8O2. The molecule has 10 nitrogen and oxygen atoms in total. The van der Waals surface area contributed by atoms with Crippen LogP contribution in [0.5, 0.6) is 6.01 Å². The first kappa shape index (κ1) is 19.5. The summed E-state index contributed by atoms with van der Waals surface area (Å²) in [6.07, 6.45) is 6.89. The average molecular weight is 420 g/mol. The number of ether oxygens (including phenoxy) is 2. The molecule has 160 valence electrons. The number of anilines is 2. The quantitative estimate of drug-likeness (QED) is 0.662. The molecule has 2 aliphatic rings. The molecule has 3 aromatic heterocycles. The normalized spacial score (nSPS) is 21.6. The Kier molecular flexibility index (Phi) is 5.50. The molecule has 1 N–H and O–H groups in total. The first-order valence-corrected chi connectivity index (χ1v) is 10.6. The maximum atomic E-state index is 9.26. The second-order valence-corrected chi connectivity index (χ2v) is 7.77. The highest BCUT2D eigenvalue weighted by atomic mass is 16.5. The lowest BCUT2D eigenvalue weighted by molar-refractivity contribution is 0.121. The van der Waals surface area contributed by atoms with Crippen molar-refractivity contribution in [3.05, 3.63) is 36.3 Å². The van der Waals surface area contributed by atoms with E-state index in [2.05, 4.69) is 31.4 Å². The van der Waals surface area contributed by atoms with Gasteiger partial charge in [0.05, 0.1) is 18.8 Å². The first-order chi connectivity index (χ1) is 15.3. The van der Waals surface area contributed by atoms with Crippen LogP contribution in [-0.4, -0.2) is 63.0 Å². The van der Waals surface area contributed by atoms with Gasteiger partial charge in [-0.25, -0.2) is 9.97 Å². The van der Waals surface area contributed by atoms with E-state index < -0.39 is 0 Å². The first-order valence-electron chi connectivity index (χ1n) is 10.6. The molecule has 2 fully saturated rings. The van der Waals surface area contributed by atoms with Crippen LogP contribution >= 0.6 is 0 Å². The standard InChI is InChI=1S/C21H24N8O2/c22-13-15-2-1-7-23-20(15)26-16-3-5-17(6-4-16)31-21-27-19(28-8-10-30-11-9-28)12-18-24-14-25-29(18)21/h1-2,7,12,14,16-17H,3-6,8-11H2,(H,23,26). The van der Waals surface area contributed by atoms with Crippen molar-refractivity contribution in [2.24, 2.45) is 0 Å². The van der Waals surface area contributed by atoms with Gasteiger partial charge in [-0.1, -0.05) is 0 Å². The van der Waals surface area contributed by atoms with E-state index in [1.807, 2.05) is 6.07 Å². The molecule has 1 aliphatic carbocycles. The molecule has 1 saturated heterocycles. The number of morpholine rings is 1. The van der Waals surface area contributed by atoms with Crippen LogP contribution in [0, 0.1) is 11.3 Å². The summed E-state index contributed by atoms with van der Waals surface area (Å²) < 4.78 is 13.4. The Bertz CT molecular complexity index is 1080. The fourth-order valence-corrected chi connectivity index (χ4v) is 4.10. The molecule has 3 aromatic rings. The van der Waals surface area contributed by atoms with Gasteiger partial charge in [0.1, 0.15) is 30.1 Å². The molecule has 0 aromatic carbocycles. The number of hydrogen-bond donors (Lipinski definition) is 1. The predicted molar refractivity (Wildman–Crippen MR) is 113 cm³/mol. The molecule has 31 heavy (non-hydrogen) atoms. The second-order valence-electron chi connectivity index (χ2n) is 7.77. The van der Waals surface area contributed by atoms with Gasteiger partial charge in [0, 0.05) is 31.4 Å². The van der Waals surface area contributed by atoms with Crippen molar-refractivity contribution in [2.75, 3.05) is 36.5 Å². The van der Waals surface area contributed by atoms with Gasteiger partial charge >= 0.3 is 6.01 Å². The van der Waals surface area contributed by atoms with E-state index in [0.717, 1.165) is 50.2 Å². The summed E-state index contributed by atoms with van der Waals surface area (Å²) in [4.78, 5) is 15.6. The largest absolute Gasteiger partial charge is 0.460 e. The third kappa shape index (κ3) is 4.22. The molecule has 1 saturated carbocycles. The van der Waals surface area contributed by atoms with Gasteiger partial charge in [-0.05, 0) is 37.8 Å². The van der Waals surface area contributed by atoms with Gasteiger partial charge < -0.3 is 19.7 Å². The van der Waals surface area contributed by atoms with Crippen molar-refractivity contribution in [1.82, 2.24) is 24.6 Å². The third-order valence-electron chi connectivity index (χ3n) is 5.77.